The fourth-order valence-corrected chi connectivity index (χ4v) is 1.14. The lowest BCUT2D eigenvalue weighted by atomic mass is 10.3. The van der Waals surface area contributed by atoms with Crippen molar-refractivity contribution in [2.75, 3.05) is 19.7 Å². The Kier molecular flexibility index (Phi) is 5.55. The minimum Gasteiger partial charge on any atom is -0.482 e. The number of carbonyl (C=O) groups excluding carboxylic acids is 1. The zero-order valence-electron chi connectivity index (χ0n) is 9.48. The molecule has 0 aliphatic rings. The van der Waals surface area contributed by atoms with Crippen molar-refractivity contribution in [2.24, 2.45) is 5.73 Å². The van der Waals surface area contributed by atoms with Crippen LogP contribution in [0.5, 0.6) is 5.75 Å². The number of aromatic nitrogens is 1. The van der Waals surface area contributed by atoms with Crippen molar-refractivity contribution < 1.29 is 9.53 Å². The number of pyridine rings is 1. The number of carbonyl (C=O) groups is 1. The fraction of sp³-hybridized carbons (Fsp3) is 0.333. The number of nitrogens with one attached hydrogen (secondary N) is 1. The average Bonchev–Trinajstić information content (AvgIpc) is 2.36. The van der Waals surface area contributed by atoms with Gasteiger partial charge in [0.1, 0.15) is 5.75 Å². The highest BCUT2D eigenvalue weighted by Crippen LogP contribution is 2.08. The van der Waals surface area contributed by atoms with Gasteiger partial charge < -0.3 is 15.8 Å². The molecule has 0 spiro atoms. The molecule has 0 aromatic carbocycles. The van der Waals surface area contributed by atoms with E-state index in [0.29, 0.717) is 12.3 Å². The Balaban J connectivity index is 2.37. The van der Waals surface area contributed by atoms with E-state index >= 15 is 0 Å². The predicted molar refractivity (Wildman–Crippen MR) is 64.3 cm³/mol. The van der Waals surface area contributed by atoms with E-state index in [-0.39, 0.29) is 19.1 Å². The molecule has 0 aliphatic heterocycles. The molecule has 1 heterocycles. The van der Waals surface area contributed by atoms with Gasteiger partial charge in [-0.3, -0.25) is 9.78 Å². The first-order valence-electron chi connectivity index (χ1n) is 5.24. The molecule has 3 N–H and O–H groups in total. The number of hydrogen-bond acceptors (Lipinski definition) is 4. The summed E-state index contributed by atoms with van der Waals surface area (Å²) in [7, 11) is 0. The monoisotopic (exact) mass is 233 g/mol. The van der Waals surface area contributed by atoms with Crippen LogP contribution in [-0.4, -0.2) is 30.6 Å². The third-order valence-electron chi connectivity index (χ3n) is 1.96. The highest BCUT2D eigenvalue weighted by atomic mass is 16.5. The van der Waals surface area contributed by atoms with Crippen LogP contribution in [0.2, 0.25) is 0 Å². The van der Waals surface area contributed by atoms with Gasteiger partial charge in [-0.1, -0.05) is 5.92 Å². The van der Waals surface area contributed by atoms with Gasteiger partial charge in [-0.2, -0.15) is 0 Å². The molecular formula is C12H15N3O2. The smallest absolute Gasteiger partial charge is 0.258 e. The lowest BCUT2D eigenvalue weighted by molar-refractivity contribution is -0.122. The lowest BCUT2D eigenvalue weighted by Gasteiger charge is -2.06. The number of amides is 1. The highest BCUT2D eigenvalue weighted by molar-refractivity contribution is 5.77. The third-order valence-corrected chi connectivity index (χ3v) is 1.96. The van der Waals surface area contributed by atoms with Crippen LogP contribution < -0.4 is 15.8 Å². The summed E-state index contributed by atoms with van der Waals surface area (Å²) < 4.78 is 5.22. The molecule has 0 aliphatic carbocycles. The van der Waals surface area contributed by atoms with Gasteiger partial charge in [0, 0.05) is 12.1 Å². The van der Waals surface area contributed by atoms with Crippen LogP contribution in [0.15, 0.2) is 18.3 Å². The second-order valence-corrected chi connectivity index (χ2v) is 3.29. The number of rotatable bonds is 6. The lowest BCUT2D eigenvalue weighted by Crippen LogP contribution is -2.29. The Bertz CT molecular complexity index is 395. The van der Waals surface area contributed by atoms with E-state index in [1.807, 2.05) is 6.07 Å². The van der Waals surface area contributed by atoms with E-state index in [1.54, 1.807) is 12.3 Å². The van der Waals surface area contributed by atoms with Crippen molar-refractivity contribution >= 4 is 5.91 Å². The molecule has 1 amide bonds. The van der Waals surface area contributed by atoms with Gasteiger partial charge in [-0.15, -0.1) is 6.42 Å². The number of nitrogens with zero attached hydrogens (tertiary/aromatic N) is 1. The van der Waals surface area contributed by atoms with Crippen LogP contribution in [0.3, 0.4) is 0 Å². The normalized spacial score (nSPS) is 9.41. The molecule has 0 saturated carbocycles. The first-order chi connectivity index (χ1) is 8.26. The van der Waals surface area contributed by atoms with Crippen LogP contribution in [0.25, 0.3) is 0 Å². The molecule has 0 fully saturated rings. The van der Waals surface area contributed by atoms with E-state index in [4.69, 9.17) is 16.9 Å². The van der Waals surface area contributed by atoms with Crippen molar-refractivity contribution in [3.63, 3.8) is 0 Å². The summed E-state index contributed by atoms with van der Waals surface area (Å²) in [5, 5.41) is 2.50. The minimum absolute atomic E-state index is 0.0698. The first kappa shape index (κ1) is 13.0. The summed E-state index contributed by atoms with van der Waals surface area (Å²) in [4.78, 5) is 15.3. The minimum atomic E-state index is -0.256. The molecule has 5 heteroatoms. The maximum atomic E-state index is 11.2. The van der Waals surface area contributed by atoms with Crippen LogP contribution in [-0.2, 0) is 11.2 Å². The summed E-state index contributed by atoms with van der Waals surface area (Å²) in [6, 6.07) is 3.58. The van der Waals surface area contributed by atoms with Gasteiger partial charge in [0.15, 0.2) is 6.61 Å². The average molecular weight is 233 g/mol. The zero-order valence-corrected chi connectivity index (χ0v) is 9.48. The third kappa shape index (κ3) is 5.00. The van der Waals surface area contributed by atoms with E-state index in [2.05, 4.69) is 16.2 Å². The van der Waals surface area contributed by atoms with Crippen molar-refractivity contribution in [3.05, 3.63) is 24.0 Å². The standard InChI is InChI=1S/C12H15N3O2/c1-2-7-14-12(16)9-17-11-4-3-10(5-6-13)15-8-11/h1,3-4,8H,5-7,9,13H2,(H,14,16). The zero-order chi connectivity index (χ0) is 12.5. The number of hydrogen-bond donors (Lipinski definition) is 2. The van der Waals surface area contributed by atoms with Crippen LogP contribution in [0.1, 0.15) is 5.69 Å². The van der Waals surface area contributed by atoms with Gasteiger partial charge in [0.2, 0.25) is 0 Å². The molecule has 0 unspecified atom stereocenters. The maximum Gasteiger partial charge on any atom is 0.258 e. The number of nitrogens with two attached hydrogens (primary N) is 1. The van der Waals surface area contributed by atoms with Crippen LogP contribution >= 0.6 is 0 Å². The second kappa shape index (κ2) is 7.25. The summed E-state index contributed by atoms with van der Waals surface area (Å²) in [6.45, 7) is 0.692. The molecule has 1 rings (SSSR count). The molecule has 17 heavy (non-hydrogen) atoms. The highest BCUT2D eigenvalue weighted by Gasteiger charge is 2.01. The van der Waals surface area contributed by atoms with E-state index in [1.165, 1.54) is 0 Å². The van der Waals surface area contributed by atoms with Gasteiger partial charge in [0.25, 0.3) is 5.91 Å². The Labute approximate surface area is 100 Å². The van der Waals surface area contributed by atoms with Crippen molar-refractivity contribution in [3.8, 4) is 18.1 Å². The summed E-state index contributed by atoms with van der Waals surface area (Å²) in [5.74, 6) is 2.59. The number of ether oxygens (including phenoxy) is 1. The van der Waals surface area contributed by atoms with Crippen molar-refractivity contribution in [1.29, 1.82) is 0 Å². The van der Waals surface area contributed by atoms with Gasteiger partial charge in [0.05, 0.1) is 12.7 Å². The molecule has 1 aromatic rings. The second-order valence-electron chi connectivity index (χ2n) is 3.29. The fourth-order valence-electron chi connectivity index (χ4n) is 1.14. The predicted octanol–water partition coefficient (Wildman–Crippen LogP) is -0.289. The van der Waals surface area contributed by atoms with Crippen molar-refractivity contribution in [2.45, 2.75) is 6.42 Å². The first-order valence-corrected chi connectivity index (χ1v) is 5.24. The maximum absolute atomic E-state index is 11.2. The Hall–Kier alpha value is -2.06. The Morgan fingerprint density at radius 3 is 3.00 bits per heavy atom. The van der Waals surface area contributed by atoms with Gasteiger partial charge in [-0.25, -0.2) is 0 Å². The number of terminal acetylenes is 1. The Morgan fingerprint density at radius 2 is 2.41 bits per heavy atom. The molecule has 5 nitrogen and oxygen atoms in total. The van der Waals surface area contributed by atoms with E-state index in [9.17, 15) is 4.79 Å². The van der Waals surface area contributed by atoms with Crippen molar-refractivity contribution in [1.82, 2.24) is 10.3 Å². The molecule has 90 valence electrons. The van der Waals surface area contributed by atoms with Crippen LogP contribution in [0.4, 0.5) is 0 Å². The summed E-state index contributed by atoms with van der Waals surface area (Å²) >= 11 is 0. The molecule has 1 aromatic heterocycles. The topological polar surface area (TPSA) is 77.2 Å². The SMILES string of the molecule is C#CCNC(=O)COc1ccc(CCN)nc1. The molecule has 0 radical (unpaired) electrons. The molecule has 0 bridgehead atoms. The molecule has 0 atom stereocenters. The summed E-state index contributed by atoms with van der Waals surface area (Å²) in [5.41, 5.74) is 6.30. The van der Waals surface area contributed by atoms with E-state index in [0.717, 1.165) is 12.1 Å². The molecule has 0 saturated heterocycles. The van der Waals surface area contributed by atoms with Crippen LogP contribution in [0, 0.1) is 12.3 Å². The molecular weight excluding hydrogens is 218 g/mol. The quantitative estimate of drug-likeness (QED) is 0.662. The largest absolute Gasteiger partial charge is 0.482 e. The van der Waals surface area contributed by atoms with E-state index < -0.39 is 0 Å². The summed E-state index contributed by atoms with van der Waals surface area (Å²) in [6.07, 6.45) is 7.30. The van der Waals surface area contributed by atoms with Gasteiger partial charge in [-0.05, 0) is 18.7 Å². The van der Waals surface area contributed by atoms with Gasteiger partial charge >= 0.3 is 0 Å². The Morgan fingerprint density at radius 1 is 1.59 bits per heavy atom.